The summed E-state index contributed by atoms with van der Waals surface area (Å²) >= 11 is 0. The van der Waals surface area contributed by atoms with Crippen molar-refractivity contribution in [2.75, 3.05) is 6.54 Å². The van der Waals surface area contributed by atoms with Crippen molar-refractivity contribution >= 4 is 5.91 Å². The summed E-state index contributed by atoms with van der Waals surface area (Å²) in [5.41, 5.74) is 0. The summed E-state index contributed by atoms with van der Waals surface area (Å²) < 4.78 is 0. The summed E-state index contributed by atoms with van der Waals surface area (Å²) in [6.07, 6.45) is 13.5. The lowest BCUT2D eigenvalue weighted by molar-refractivity contribution is -0.131. The van der Waals surface area contributed by atoms with Gasteiger partial charge in [0.1, 0.15) is 0 Å². The second-order valence-electron chi connectivity index (χ2n) is 5.24. The van der Waals surface area contributed by atoms with Crippen LogP contribution in [0, 0.1) is 4.91 Å². The van der Waals surface area contributed by atoms with Crippen LogP contribution >= 0.6 is 0 Å². The molecule has 0 aromatic carbocycles. The Balaban J connectivity index is 2.33. The average Bonchev–Trinajstić information content (AvgIpc) is 2.39. The molecule has 0 radical (unpaired) electrons. The molecule has 0 saturated carbocycles. The van der Waals surface area contributed by atoms with Crippen LogP contribution < -0.4 is 0 Å². The fraction of sp³-hybridized carbons (Fsp3) is 0.929. The SMILES string of the molecule is O=NN1CCCCCCCCCCCCCC1=O. The molecule has 18 heavy (non-hydrogen) atoms. The van der Waals surface area contributed by atoms with Crippen molar-refractivity contribution in [3.63, 3.8) is 0 Å². The average molecular weight is 254 g/mol. The van der Waals surface area contributed by atoms with Crippen molar-refractivity contribution in [1.82, 2.24) is 5.01 Å². The molecule has 0 unspecified atom stereocenters. The van der Waals surface area contributed by atoms with Gasteiger partial charge in [0.2, 0.25) is 5.91 Å². The molecular formula is C14H26N2O2. The van der Waals surface area contributed by atoms with E-state index in [2.05, 4.69) is 5.29 Å². The predicted molar refractivity (Wildman–Crippen MR) is 72.9 cm³/mol. The first kappa shape index (κ1) is 15.1. The maximum Gasteiger partial charge on any atom is 0.245 e. The zero-order valence-electron chi connectivity index (χ0n) is 11.4. The summed E-state index contributed by atoms with van der Waals surface area (Å²) in [5, 5.41) is 3.98. The van der Waals surface area contributed by atoms with Gasteiger partial charge in [0.15, 0.2) is 0 Å². The van der Waals surface area contributed by atoms with Crippen LogP contribution in [0.4, 0.5) is 0 Å². The van der Waals surface area contributed by atoms with Gasteiger partial charge in [-0.15, -0.1) is 4.91 Å². The summed E-state index contributed by atoms with van der Waals surface area (Å²) in [4.78, 5) is 22.3. The van der Waals surface area contributed by atoms with Gasteiger partial charge in [-0.3, -0.25) is 4.79 Å². The fourth-order valence-electron chi connectivity index (χ4n) is 2.47. The Morgan fingerprint density at radius 2 is 1.17 bits per heavy atom. The van der Waals surface area contributed by atoms with E-state index >= 15 is 0 Å². The summed E-state index contributed by atoms with van der Waals surface area (Å²) in [6.45, 7) is 0.502. The zero-order valence-corrected chi connectivity index (χ0v) is 11.4. The summed E-state index contributed by atoms with van der Waals surface area (Å²) in [7, 11) is 0. The first-order valence-electron chi connectivity index (χ1n) is 7.48. The van der Waals surface area contributed by atoms with E-state index in [1.165, 1.54) is 44.9 Å². The molecule has 1 heterocycles. The first-order valence-corrected chi connectivity index (χ1v) is 7.48. The van der Waals surface area contributed by atoms with Gasteiger partial charge in [-0.2, -0.15) is 5.01 Å². The highest BCUT2D eigenvalue weighted by atomic mass is 16.3. The van der Waals surface area contributed by atoms with E-state index in [1.807, 2.05) is 0 Å². The van der Waals surface area contributed by atoms with Crippen LogP contribution in [-0.2, 0) is 4.79 Å². The van der Waals surface area contributed by atoms with Crippen LogP contribution in [-0.4, -0.2) is 17.5 Å². The van der Waals surface area contributed by atoms with Gasteiger partial charge in [0.25, 0.3) is 0 Å². The first-order chi connectivity index (χ1) is 8.84. The van der Waals surface area contributed by atoms with E-state index in [1.54, 1.807) is 0 Å². The molecular weight excluding hydrogens is 228 g/mol. The third kappa shape index (κ3) is 6.72. The number of amides is 1. The van der Waals surface area contributed by atoms with Crippen LogP contribution in [0.15, 0.2) is 5.29 Å². The van der Waals surface area contributed by atoms with E-state index in [9.17, 15) is 9.70 Å². The van der Waals surface area contributed by atoms with Gasteiger partial charge < -0.3 is 0 Å². The number of nitrogens with zero attached hydrogens (tertiary/aromatic N) is 2. The van der Waals surface area contributed by atoms with E-state index in [0.717, 1.165) is 30.7 Å². The topological polar surface area (TPSA) is 49.7 Å². The van der Waals surface area contributed by atoms with E-state index in [-0.39, 0.29) is 5.91 Å². The zero-order chi connectivity index (χ0) is 13.1. The van der Waals surface area contributed by atoms with Crippen molar-refractivity contribution in [1.29, 1.82) is 0 Å². The van der Waals surface area contributed by atoms with Gasteiger partial charge in [0.05, 0.1) is 5.29 Å². The second kappa shape index (κ2) is 10.0. The normalized spacial score (nSPS) is 22.0. The number of rotatable bonds is 1. The van der Waals surface area contributed by atoms with E-state index in [4.69, 9.17) is 0 Å². The summed E-state index contributed by atoms with van der Waals surface area (Å²) in [6, 6.07) is 0. The maximum absolute atomic E-state index is 11.7. The highest BCUT2D eigenvalue weighted by Gasteiger charge is 2.13. The largest absolute Gasteiger partial charge is 0.273 e. The molecule has 0 bridgehead atoms. The van der Waals surface area contributed by atoms with Crippen molar-refractivity contribution in [2.24, 2.45) is 5.29 Å². The number of hydrogen-bond acceptors (Lipinski definition) is 3. The highest BCUT2D eigenvalue weighted by Crippen LogP contribution is 2.14. The molecule has 4 heteroatoms. The molecule has 1 fully saturated rings. The molecule has 0 atom stereocenters. The molecule has 0 N–H and O–H groups in total. The number of carbonyl (C=O) groups excluding carboxylic acids is 1. The molecule has 1 aliphatic rings. The van der Waals surface area contributed by atoms with Crippen molar-refractivity contribution in [2.45, 2.75) is 77.0 Å². The molecule has 0 aromatic rings. The van der Waals surface area contributed by atoms with Crippen LogP contribution in [0.5, 0.6) is 0 Å². The van der Waals surface area contributed by atoms with Crippen LogP contribution in [0.1, 0.15) is 77.0 Å². The van der Waals surface area contributed by atoms with Gasteiger partial charge in [0, 0.05) is 13.0 Å². The number of nitroso groups, excluding NO2 is 1. The third-order valence-corrected chi connectivity index (χ3v) is 3.65. The van der Waals surface area contributed by atoms with Gasteiger partial charge in [-0.1, -0.05) is 57.8 Å². The third-order valence-electron chi connectivity index (χ3n) is 3.65. The lowest BCUT2D eigenvalue weighted by Crippen LogP contribution is -2.26. The Morgan fingerprint density at radius 1 is 0.722 bits per heavy atom. The monoisotopic (exact) mass is 254 g/mol. The number of carbonyl (C=O) groups is 1. The predicted octanol–water partition coefficient (Wildman–Crippen LogP) is 4.19. The Hall–Kier alpha value is -0.930. The molecule has 4 nitrogen and oxygen atoms in total. The van der Waals surface area contributed by atoms with Crippen molar-refractivity contribution in [3.8, 4) is 0 Å². The minimum Gasteiger partial charge on any atom is -0.273 e. The molecule has 0 aliphatic carbocycles. The van der Waals surface area contributed by atoms with Gasteiger partial charge in [-0.25, -0.2) is 0 Å². The standard InChI is InChI=1S/C14H26N2O2/c17-14-12-10-8-6-4-2-1-3-5-7-9-11-13-16(14)15-18/h1-13H2. The summed E-state index contributed by atoms with van der Waals surface area (Å²) in [5.74, 6) is -0.0973. The second-order valence-corrected chi connectivity index (χ2v) is 5.24. The minimum atomic E-state index is -0.0973. The molecule has 1 saturated heterocycles. The fourth-order valence-corrected chi connectivity index (χ4v) is 2.47. The molecule has 0 aromatic heterocycles. The van der Waals surface area contributed by atoms with Gasteiger partial charge >= 0.3 is 0 Å². The Morgan fingerprint density at radius 3 is 1.67 bits per heavy atom. The molecule has 0 spiro atoms. The Labute approximate surface area is 110 Å². The minimum absolute atomic E-state index is 0.0973. The quantitative estimate of drug-likeness (QED) is 0.659. The van der Waals surface area contributed by atoms with Gasteiger partial charge in [-0.05, 0) is 12.8 Å². The van der Waals surface area contributed by atoms with Crippen LogP contribution in [0.25, 0.3) is 0 Å². The highest BCUT2D eigenvalue weighted by molar-refractivity contribution is 5.75. The molecule has 1 amide bonds. The van der Waals surface area contributed by atoms with E-state index in [0.29, 0.717) is 13.0 Å². The van der Waals surface area contributed by atoms with Crippen molar-refractivity contribution < 1.29 is 4.79 Å². The molecule has 1 aliphatic heterocycles. The molecule has 104 valence electrons. The Bertz CT molecular complexity index is 244. The lowest BCUT2D eigenvalue weighted by Gasteiger charge is -2.12. The van der Waals surface area contributed by atoms with Crippen molar-refractivity contribution in [3.05, 3.63) is 4.91 Å². The maximum atomic E-state index is 11.7. The lowest BCUT2D eigenvalue weighted by atomic mass is 10.1. The smallest absolute Gasteiger partial charge is 0.245 e. The Kier molecular flexibility index (Phi) is 8.43. The van der Waals surface area contributed by atoms with Crippen LogP contribution in [0.2, 0.25) is 0 Å². The molecule has 1 rings (SSSR count). The number of hydrogen-bond donors (Lipinski definition) is 0. The van der Waals surface area contributed by atoms with Crippen LogP contribution in [0.3, 0.4) is 0 Å². The van der Waals surface area contributed by atoms with E-state index < -0.39 is 0 Å².